The third-order valence-corrected chi connectivity index (χ3v) is 3.43. The van der Waals surface area contributed by atoms with E-state index in [-0.39, 0.29) is 36.5 Å². The first-order valence-corrected chi connectivity index (χ1v) is 7.63. The molecule has 2 aromatic rings. The summed E-state index contributed by atoms with van der Waals surface area (Å²) < 4.78 is 47.1. The lowest BCUT2D eigenvalue weighted by Gasteiger charge is -2.22. The highest BCUT2D eigenvalue weighted by Gasteiger charge is 2.18. The summed E-state index contributed by atoms with van der Waals surface area (Å²) in [6.07, 6.45) is -0.200. The highest BCUT2D eigenvalue weighted by Crippen LogP contribution is 2.19. The number of halogens is 2. The van der Waals surface area contributed by atoms with Gasteiger partial charge in [-0.05, 0) is 12.1 Å². The highest BCUT2D eigenvalue weighted by molar-refractivity contribution is 5.92. The lowest BCUT2D eigenvalue weighted by Crippen LogP contribution is -2.39. The minimum Gasteiger partial charge on any atom is -0.482 e. The molecule has 1 N–H and O–H groups in total. The van der Waals surface area contributed by atoms with E-state index in [1.54, 1.807) is 0 Å². The molecule has 9 heteroatoms. The summed E-state index contributed by atoms with van der Waals surface area (Å²) in [7, 11) is 0. The fraction of sp³-hybridized carbons (Fsp3) is 0.375. The van der Waals surface area contributed by atoms with Crippen LogP contribution in [0.4, 0.5) is 8.78 Å². The van der Waals surface area contributed by atoms with Crippen molar-refractivity contribution in [3.05, 3.63) is 47.4 Å². The van der Waals surface area contributed by atoms with E-state index in [9.17, 15) is 13.6 Å². The topological polar surface area (TPSA) is 82.8 Å². The van der Waals surface area contributed by atoms with Gasteiger partial charge in [-0.25, -0.2) is 8.78 Å². The number of nitrogens with zero attached hydrogens (tertiary/aromatic N) is 1. The monoisotopic (exact) mass is 354 g/mol. The Kier molecular flexibility index (Phi) is 5.56. The number of carbonyl (C=O) groups excluding carboxylic acids is 1. The zero-order valence-electron chi connectivity index (χ0n) is 13.2. The van der Waals surface area contributed by atoms with Crippen molar-refractivity contribution in [2.75, 3.05) is 26.4 Å². The van der Waals surface area contributed by atoms with Crippen LogP contribution >= 0.6 is 0 Å². The Hall–Kier alpha value is -2.52. The highest BCUT2D eigenvalue weighted by atomic mass is 19.1. The minimum atomic E-state index is -0.827. The maximum Gasteiger partial charge on any atom is 0.273 e. The van der Waals surface area contributed by atoms with Gasteiger partial charge in [0.25, 0.3) is 5.91 Å². The van der Waals surface area contributed by atoms with Gasteiger partial charge in [0.2, 0.25) is 0 Å². The van der Waals surface area contributed by atoms with Crippen molar-refractivity contribution in [1.29, 1.82) is 0 Å². The summed E-state index contributed by atoms with van der Waals surface area (Å²) in [6, 6.07) is 4.34. The standard InChI is InChI=1S/C16H16F2N2O5/c17-10-1-2-15(13(18)5-10)24-9-11-6-14(20-25-11)16(21)19-7-12-8-22-3-4-23-12/h1-2,5-6,12H,3-4,7-9H2,(H,19,21)/t12-/m1/s1. The third kappa shape index (κ3) is 4.74. The summed E-state index contributed by atoms with van der Waals surface area (Å²) >= 11 is 0. The number of ether oxygens (including phenoxy) is 3. The predicted octanol–water partition coefficient (Wildman–Crippen LogP) is 1.68. The van der Waals surface area contributed by atoms with E-state index in [1.165, 1.54) is 12.1 Å². The fourth-order valence-electron chi connectivity index (χ4n) is 2.18. The summed E-state index contributed by atoms with van der Waals surface area (Å²) in [5, 5.41) is 6.30. The molecule has 1 atom stereocenters. The fourth-order valence-corrected chi connectivity index (χ4v) is 2.18. The molecule has 1 aromatic carbocycles. The molecule has 1 aliphatic heterocycles. The van der Waals surface area contributed by atoms with Crippen LogP contribution in [0.2, 0.25) is 0 Å². The molecule has 0 spiro atoms. The van der Waals surface area contributed by atoms with Crippen LogP contribution in [0, 0.1) is 11.6 Å². The summed E-state index contributed by atoms with van der Waals surface area (Å²) in [5.41, 5.74) is 0.0647. The molecule has 1 aliphatic rings. The van der Waals surface area contributed by atoms with Crippen molar-refractivity contribution >= 4 is 5.91 Å². The first-order chi connectivity index (χ1) is 12.1. The zero-order valence-corrected chi connectivity index (χ0v) is 13.2. The lowest BCUT2D eigenvalue weighted by atomic mass is 10.3. The summed E-state index contributed by atoms with van der Waals surface area (Å²) in [4.78, 5) is 12.0. The van der Waals surface area contributed by atoms with Crippen LogP contribution in [0.25, 0.3) is 0 Å². The molecule has 1 aromatic heterocycles. The SMILES string of the molecule is O=C(NC[C@@H]1COCCO1)c1cc(COc2ccc(F)cc2F)on1. The van der Waals surface area contributed by atoms with Gasteiger partial charge in [-0.3, -0.25) is 4.79 Å². The van der Waals surface area contributed by atoms with E-state index in [0.29, 0.717) is 25.9 Å². The van der Waals surface area contributed by atoms with Gasteiger partial charge in [0.1, 0.15) is 12.4 Å². The normalized spacial score (nSPS) is 17.3. The molecular formula is C16H16F2N2O5. The summed E-state index contributed by atoms with van der Waals surface area (Å²) in [6.45, 7) is 1.60. The molecule has 25 heavy (non-hydrogen) atoms. The Balaban J connectivity index is 1.50. The maximum atomic E-state index is 13.5. The van der Waals surface area contributed by atoms with Crippen molar-refractivity contribution in [2.45, 2.75) is 12.7 Å². The molecule has 0 bridgehead atoms. The molecule has 0 radical (unpaired) electrons. The van der Waals surface area contributed by atoms with Crippen LogP contribution < -0.4 is 10.1 Å². The molecule has 0 aliphatic carbocycles. The van der Waals surface area contributed by atoms with Crippen LogP contribution in [0.1, 0.15) is 16.2 Å². The van der Waals surface area contributed by atoms with E-state index in [1.807, 2.05) is 0 Å². The van der Waals surface area contributed by atoms with Crippen LogP contribution in [-0.4, -0.2) is 43.5 Å². The number of amides is 1. The van der Waals surface area contributed by atoms with Crippen molar-refractivity contribution in [1.82, 2.24) is 10.5 Å². The second-order valence-corrected chi connectivity index (χ2v) is 5.32. The Bertz CT molecular complexity index is 731. The number of carbonyl (C=O) groups is 1. The van der Waals surface area contributed by atoms with E-state index in [2.05, 4.69) is 10.5 Å². The van der Waals surface area contributed by atoms with Crippen molar-refractivity contribution < 1.29 is 32.3 Å². The van der Waals surface area contributed by atoms with E-state index >= 15 is 0 Å². The molecule has 0 saturated carbocycles. The molecule has 1 fully saturated rings. The molecule has 7 nitrogen and oxygen atoms in total. The summed E-state index contributed by atoms with van der Waals surface area (Å²) in [5.74, 6) is -1.86. The van der Waals surface area contributed by atoms with Gasteiger partial charge in [0, 0.05) is 18.7 Å². The molecule has 0 unspecified atom stereocenters. The van der Waals surface area contributed by atoms with E-state index < -0.39 is 17.5 Å². The Morgan fingerprint density at radius 1 is 1.32 bits per heavy atom. The molecule has 2 heterocycles. The third-order valence-electron chi connectivity index (χ3n) is 3.43. The second kappa shape index (κ2) is 8.04. The first kappa shape index (κ1) is 17.3. The van der Waals surface area contributed by atoms with Crippen molar-refractivity contribution in [3.8, 4) is 5.75 Å². The van der Waals surface area contributed by atoms with Gasteiger partial charge in [-0.2, -0.15) is 0 Å². The molecule has 1 saturated heterocycles. The smallest absolute Gasteiger partial charge is 0.273 e. The Morgan fingerprint density at radius 3 is 2.96 bits per heavy atom. The van der Waals surface area contributed by atoms with Crippen molar-refractivity contribution in [3.63, 3.8) is 0 Å². The lowest BCUT2D eigenvalue weighted by molar-refractivity contribution is -0.0855. The Morgan fingerprint density at radius 2 is 2.20 bits per heavy atom. The average molecular weight is 354 g/mol. The number of benzene rings is 1. The average Bonchev–Trinajstić information content (AvgIpc) is 3.09. The molecular weight excluding hydrogens is 338 g/mol. The van der Waals surface area contributed by atoms with Gasteiger partial charge in [0.05, 0.1) is 25.9 Å². The minimum absolute atomic E-state index is 0.0647. The first-order valence-electron chi connectivity index (χ1n) is 7.63. The van der Waals surface area contributed by atoms with E-state index in [0.717, 1.165) is 6.07 Å². The largest absolute Gasteiger partial charge is 0.482 e. The number of hydrogen-bond donors (Lipinski definition) is 1. The van der Waals surface area contributed by atoms with Gasteiger partial charge >= 0.3 is 0 Å². The van der Waals surface area contributed by atoms with Crippen LogP contribution in [0.15, 0.2) is 28.8 Å². The Labute approximate surface area is 141 Å². The number of rotatable bonds is 6. The zero-order chi connectivity index (χ0) is 17.6. The number of nitrogens with one attached hydrogen (secondary N) is 1. The van der Waals surface area contributed by atoms with Gasteiger partial charge in [-0.15, -0.1) is 0 Å². The molecule has 3 rings (SSSR count). The predicted molar refractivity (Wildman–Crippen MR) is 80.1 cm³/mol. The number of aromatic nitrogens is 1. The number of hydrogen-bond acceptors (Lipinski definition) is 6. The van der Waals surface area contributed by atoms with Gasteiger partial charge < -0.3 is 24.1 Å². The molecule has 134 valence electrons. The van der Waals surface area contributed by atoms with Crippen LogP contribution in [0.5, 0.6) is 5.75 Å². The van der Waals surface area contributed by atoms with E-state index in [4.69, 9.17) is 18.7 Å². The quantitative estimate of drug-likeness (QED) is 0.850. The van der Waals surface area contributed by atoms with Gasteiger partial charge in [-0.1, -0.05) is 5.16 Å². The van der Waals surface area contributed by atoms with Crippen LogP contribution in [0.3, 0.4) is 0 Å². The molecule has 1 amide bonds. The van der Waals surface area contributed by atoms with Crippen LogP contribution in [-0.2, 0) is 16.1 Å². The second-order valence-electron chi connectivity index (χ2n) is 5.32. The van der Waals surface area contributed by atoms with Crippen molar-refractivity contribution in [2.24, 2.45) is 0 Å². The maximum absolute atomic E-state index is 13.5. The van der Waals surface area contributed by atoms with Gasteiger partial charge in [0.15, 0.2) is 23.0 Å².